The normalized spacial score (nSPS) is 15.6. The minimum absolute atomic E-state index is 0.0433. The molecule has 2 rings (SSSR count). The predicted molar refractivity (Wildman–Crippen MR) is 75.4 cm³/mol. The summed E-state index contributed by atoms with van der Waals surface area (Å²) >= 11 is 0. The number of nitrogens with two attached hydrogens (primary N) is 1. The van der Waals surface area contributed by atoms with Gasteiger partial charge in [0.05, 0.1) is 11.6 Å². The Hall–Kier alpha value is -1.88. The molecule has 1 heterocycles. The van der Waals surface area contributed by atoms with Crippen LogP contribution in [-0.4, -0.2) is 34.5 Å². The van der Waals surface area contributed by atoms with Crippen LogP contribution in [0.2, 0.25) is 0 Å². The molecule has 0 aliphatic carbocycles. The summed E-state index contributed by atoms with van der Waals surface area (Å²) in [5.74, 6) is -0.989. The Morgan fingerprint density at radius 3 is 2.80 bits per heavy atom. The fourth-order valence-electron chi connectivity index (χ4n) is 2.55. The highest BCUT2D eigenvalue weighted by Gasteiger charge is 2.25. The minimum atomic E-state index is -0.945. The molecule has 1 amide bonds. The number of amides is 1. The molecular formula is C15H20N2O3. The zero-order valence-corrected chi connectivity index (χ0v) is 11.6. The quantitative estimate of drug-likeness (QED) is 0.870. The Morgan fingerprint density at radius 1 is 1.40 bits per heavy atom. The van der Waals surface area contributed by atoms with Crippen molar-refractivity contribution in [2.75, 3.05) is 6.54 Å². The molecule has 1 aromatic rings. The number of nitrogens with zero attached hydrogens (tertiary/aromatic N) is 1. The molecule has 108 valence electrons. The molecule has 0 saturated heterocycles. The fraction of sp³-hybridized carbons (Fsp3) is 0.467. The highest BCUT2D eigenvalue weighted by atomic mass is 16.4. The zero-order valence-electron chi connectivity index (χ0n) is 11.6. The lowest BCUT2D eigenvalue weighted by Crippen LogP contribution is -2.45. The van der Waals surface area contributed by atoms with Crippen molar-refractivity contribution in [1.29, 1.82) is 0 Å². The summed E-state index contributed by atoms with van der Waals surface area (Å²) in [6.07, 6.45) is 2.30. The van der Waals surface area contributed by atoms with Crippen LogP contribution in [0, 0.1) is 0 Å². The Kier molecular flexibility index (Phi) is 4.39. The molecule has 3 N–H and O–H groups in total. The van der Waals surface area contributed by atoms with Crippen LogP contribution >= 0.6 is 0 Å². The number of carboxylic acid groups (broad SMARTS) is 1. The van der Waals surface area contributed by atoms with E-state index < -0.39 is 12.0 Å². The van der Waals surface area contributed by atoms with Gasteiger partial charge >= 0.3 is 5.97 Å². The maximum atomic E-state index is 12.2. The van der Waals surface area contributed by atoms with Crippen molar-refractivity contribution >= 4 is 11.9 Å². The van der Waals surface area contributed by atoms with Gasteiger partial charge in [-0.3, -0.25) is 4.79 Å². The summed E-state index contributed by atoms with van der Waals surface area (Å²) < 4.78 is 0. The second-order valence-electron chi connectivity index (χ2n) is 5.19. The van der Waals surface area contributed by atoms with Gasteiger partial charge < -0.3 is 15.7 Å². The number of carbonyl (C=O) groups is 2. The second kappa shape index (κ2) is 6.05. The van der Waals surface area contributed by atoms with Gasteiger partial charge in [-0.05, 0) is 36.1 Å². The van der Waals surface area contributed by atoms with Crippen LogP contribution in [0.5, 0.6) is 0 Å². The minimum Gasteiger partial charge on any atom is -0.478 e. The first-order valence-electron chi connectivity index (χ1n) is 6.92. The van der Waals surface area contributed by atoms with Gasteiger partial charge in [-0.25, -0.2) is 4.79 Å². The number of rotatable bonds is 4. The second-order valence-corrected chi connectivity index (χ2v) is 5.19. The van der Waals surface area contributed by atoms with Crippen molar-refractivity contribution in [3.8, 4) is 0 Å². The SMILES string of the molecule is CCCC(N)C(=O)N1CCc2ccc(C(=O)O)cc2C1. The van der Waals surface area contributed by atoms with Gasteiger partial charge in [-0.15, -0.1) is 0 Å². The van der Waals surface area contributed by atoms with E-state index in [9.17, 15) is 9.59 Å². The molecule has 1 aliphatic heterocycles. The number of carboxylic acids is 1. The largest absolute Gasteiger partial charge is 0.478 e. The third-order valence-electron chi connectivity index (χ3n) is 3.69. The van der Waals surface area contributed by atoms with Crippen molar-refractivity contribution in [3.05, 3.63) is 34.9 Å². The van der Waals surface area contributed by atoms with Gasteiger partial charge in [0, 0.05) is 13.1 Å². The molecule has 0 aromatic heterocycles. The molecule has 0 spiro atoms. The lowest BCUT2D eigenvalue weighted by atomic mass is 9.96. The molecule has 0 fully saturated rings. The van der Waals surface area contributed by atoms with Crippen molar-refractivity contribution in [1.82, 2.24) is 4.90 Å². The number of hydrogen-bond acceptors (Lipinski definition) is 3. The highest BCUT2D eigenvalue weighted by molar-refractivity contribution is 5.88. The first-order chi connectivity index (χ1) is 9.52. The number of benzene rings is 1. The summed E-state index contributed by atoms with van der Waals surface area (Å²) in [6.45, 7) is 3.10. The third kappa shape index (κ3) is 2.99. The number of carbonyl (C=O) groups excluding carboxylic acids is 1. The van der Waals surface area contributed by atoms with Crippen LogP contribution in [0.25, 0.3) is 0 Å². The van der Waals surface area contributed by atoms with Gasteiger partial charge in [-0.2, -0.15) is 0 Å². The van der Waals surface area contributed by atoms with Crippen LogP contribution < -0.4 is 5.73 Å². The van der Waals surface area contributed by atoms with Gasteiger partial charge in [0.2, 0.25) is 5.91 Å². The van der Waals surface area contributed by atoms with Crippen molar-refractivity contribution in [2.45, 2.75) is 38.8 Å². The van der Waals surface area contributed by atoms with Crippen LogP contribution in [0.15, 0.2) is 18.2 Å². The topological polar surface area (TPSA) is 83.6 Å². The van der Waals surface area contributed by atoms with E-state index in [-0.39, 0.29) is 11.5 Å². The van der Waals surface area contributed by atoms with Crippen LogP contribution in [0.3, 0.4) is 0 Å². The lowest BCUT2D eigenvalue weighted by molar-refractivity contribution is -0.133. The Balaban J connectivity index is 2.15. The molecule has 0 radical (unpaired) electrons. The molecule has 1 unspecified atom stereocenters. The number of fused-ring (bicyclic) bond motifs is 1. The van der Waals surface area contributed by atoms with E-state index in [1.165, 1.54) is 0 Å². The van der Waals surface area contributed by atoms with Crippen molar-refractivity contribution in [2.24, 2.45) is 5.73 Å². The van der Waals surface area contributed by atoms with E-state index in [2.05, 4.69) is 0 Å². The Labute approximate surface area is 118 Å². The molecule has 0 saturated carbocycles. The Morgan fingerprint density at radius 2 is 2.15 bits per heavy atom. The standard InChI is InChI=1S/C15H20N2O3/c1-2-3-13(16)14(18)17-7-6-10-4-5-11(15(19)20)8-12(10)9-17/h4-5,8,13H,2-3,6-7,9,16H2,1H3,(H,19,20). The third-order valence-corrected chi connectivity index (χ3v) is 3.69. The molecular weight excluding hydrogens is 256 g/mol. The Bertz CT molecular complexity index is 528. The van der Waals surface area contributed by atoms with Gasteiger partial charge in [0.25, 0.3) is 0 Å². The van der Waals surface area contributed by atoms with Crippen LogP contribution in [0.4, 0.5) is 0 Å². The molecule has 1 aromatic carbocycles. The molecule has 1 atom stereocenters. The monoisotopic (exact) mass is 276 g/mol. The first kappa shape index (κ1) is 14.5. The van der Waals surface area contributed by atoms with Crippen molar-refractivity contribution < 1.29 is 14.7 Å². The average molecular weight is 276 g/mol. The van der Waals surface area contributed by atoms with E-state index in [0.29, 0.717) is 19.5 Å². The van der Waals surface area contributed by atoms with Gasteiger partial charge in [-0.1, -0.05) is 19.4 Å². The summed E-state index contributed by atoms with van der Waals surface area (Å²) in [4.78, 5) is 24.9. The van der Waals surface area contributed by atoms with E-state index in [1.54, 1.807) is 17.0 Å². The molecule has 5 nitrogen and oxygen atoms in total. The van der Waals surface area contributed by atoms with Crippen LogP contribution in [-0.2, 0) is 17.8 Å². The highest BCUT2D eigenvalue weighted by Crippen LogP contribution is 2.21. The number of hydrogen-bond donors (Lipinski definition) is 2. The fourth-order valence-corrected chi connectivity index (χ4v) is 2.55. The molecule has 0 bridgehead atoms. The van der Waals surface area contributed by atoms with Gasteiger partial charge in [0.15, 0.2) is 0 Å². The first-order valence-corrected chi connectivity index (χ1v) is 6.92. The maximum absolute atomic E-state index is 12.2. The van der Waals surface area contributed by atoms with E-state index in [0.717, 1.165) is 24.0 Å². The van der Waals surface area contributed by atoms with E-state index >= 15 is 0 Å². The predicted octanol–water partition coefficient (Wildman–Crippen LogP) is 1.40. The smallest absolute Gasteiger partial charge is 0.335 e. The summed E-state index contributed by atoms with van der Waals surface area (Å²) in [7, 11) is 0. The number of aromatic carboxylic acids is 1. The zero-order chi connectivity index (χ0) is 14.7. The average Bonchev–Trinajstić information content (AvgIpc) is 2.45. The van der Waals surface area contributed by atoms with Crippen molar-refractivity contribution in [3.63, 3.8) is 0 Å². The van der Waals surface area contributed by atoms with Gasteiger partial charge in [0.1, 0.15) is 0 Å². The summed E-state index contributed by atoms with van der Waals surface area (Å²) in [5, 5.41) is 9.02. The summed E-state index contributed by atoms with van der Waals surface area (Å²) in [5.41, 5.74) is 8.16. The molecule has 5 heteroatoms. The van der Waals surface area contributed by atoms with E-state index in [1.807, 2.05) is 13.0 Å². The maximum Gasteiger partial charge on any atom is 0.335 e. The van der Waals surface area contributed by atoms with Crippen LogP contribution in [0.1, 0.15) is 41.3 Å². The molecule has 1 aliphatic rings. The molecule has 20 heavy (non-hydrogen) atoms. The van der Waals surface area contributed by atoms with E-state index in [4.69, 9.17) is 10.8 Å². The summed E-state index contributed by atoms with van der Waals surface area (Å²) in [6, 6.07) is 4.65. The lowest BCUT2D eigenvalue weighted by Gasteiger charge is -2.31.